The van der Waals surface area contributed by atoms with E-state index >= 15 is 0 Å². The molecule has 7 heteroatoms. The van der Waals surface area contributed by atoms with Crippen LogP contribution in [0.25, 0.3) is 0 Å². The van der Waals surface area contributed by atoms with E-state index < -0.39 is 5.82 Å². The Kier molecular flexibility index (Phi) is 5.69. The summed E-state index contributed by atoms with van der Waals surface area (Å²) in [5.74, 6) is -0.0193. The first-order chi connectivity index (χ1) is 14.6. The highest BCUT2D eigenvalue weighted by Gasteiger charge is 2.34. The van der Waals surface area contributed by atoms with Crippen molar-refractivity contribution in [1.82, 2.24) is 4.90 Å². The Hall–Kier alpha value is -2.60. The van der Waals surface area contributed by atoms with Gasteiger partial charge >= 0.3 is 0 Å². The minimum Gasteiger partial charge on any atom is -0.492 e. The predicted octanol–water partition coefficient (Wildman–Crippen LogP) is 4.43. The maximum Gasteiger partial charge on any atom is 0.256 e. The van der Waals surface area contributed by atoms with Crippen LogP contribution in [0.4, 0.5) is 4.39 Å². The summed E-state index contributed by atoms with van der Waals surface area (Å²) < 4.78 is 25.5. The summed E-state index contributed by atoms with van der Waals surface area (Å²) in [6, 6.07) is 8.42. The van der Waals surface area contributed by atoms with Crippen molar-refractivity contribution >= 4 is 23.3 Å². The number of fused-ring (bicyclic) bond motifs is 1. The number of likely N-dealkylation sites (tertiary alicyclic amines) is 1. The van der Waals surface area contributed by atoms with Gasteiger partial charge in [0.1, 0.15) is 23.9 Å². The monoisotopic (exact) mass is 445 g/mol. The van der Waals surface area contributed by atoms with Crippen LogP contribution in [0.15, 0.2) is 30.3 Å². The standard InChI is InChI=1S/C24H25ClFNO4/c1-24(2,3)16-4-5-21(19(25)8-16)30-12-14-10-27(11-14)23(29)18-7-15-6-17(28)13-31-22(15)9-20(18)26/h4-5,7-9,14H,6,10-13H2,1-3H3. The van der Waals surface area contributed by atoms with Crippen molar-refractivity contribution in [1.29, 1.82) is 0 Å². The molecule has 1 amide bonds. The van der Waals surface area contributed by atoms with Crippen LogP contribution in [0, 0.1) is 11.7 Å². The highest BCUT2D eigenvalue weighted by atomic mass is 35.5. The molecule has 2 aliphatic rings. The third-order valence-corrected chi connectivity index (χ3v) is 5.97. The number of nitrogens with zero attached hydrogens (tertiary/aromatic N) is 1. The van der Waals surface area contributed by atoms with Crippen LogP contribution in [-0.2, 0) is 16.6 Å². The maximum absolute atomic E-state index is 14.4. The molecule has 0 N–H and O–H groups in total. The molecule has 31 heavy (non-hydrogen) atoms. The van der Waals surface area contributed by atoms with Gasteiger partial charge in [-0.05, 0) is 29.2 Å². The van der Waals surface area contributed by atoms with Gasteiger partial charge in [-0.15, -0.1) is 0 Å². The highest BCUT2D eigenvalue weighted by molar-refractivity contribution is 6.32. The molecule has 164 valence electrons. The molecule has 0 radical (unpaired) electrons. The Morgan fingerprint density at radius 2 is 2.00 bits per heavy atom. The second-order valence-electron chi connectivity index (χ2n) is 9.23. The summed E-state index contributed by atoms with van der Waals surface area (Å²) in [5.41, 5.74) is 1.65. The van der Waals surface area contributed by atoms with Gasteiger partial charge in [-0.2, -0.15) is 0 Å². The third kappa shape index (κ3) is 4.54. The molecule has 1 saturated heterocycles. The van der Waals surface area contributed by atoms with Crippen LogP contribution < -0.4 is 9.47 Å². The summed E-state index contributed by atoms with van der Waals surface area (Å²) in [6.07, 6.45) is 0.154. The number of rotatable bonds is 4. The Morgan fingerprint density at radius 3 is 2.68 bits per heavy atom. The van der Waals surface area contributed by atoms with E-state index in [1.165, 1.54) is 12.1 Å². The van der Waals surface area contributed by atoms with Crippen molar-refractivity contribution in [3.63, 3.8) is 0 Å². The van der Waals surface area contributed by atoms with Gasteiger partial charge in [0.15, 0.2) is 5.78 Å². The molecule has 0 aliphatic carbocycles. The number of ketones is 1. The van der Waals surface area contributed by atoms with Crippen molar-refractivity contribution < 1.29 is 23.5 Å². The van der Waals surface area contributed by atoms with Crippen molar-refractivity contribution in [2.75, 3.05) is 26.3 Å². The molecule has 0 atom stereocenters. The molecule has 2 aromatic rings. The van der Waals surface area contributed by atoms with Crippen LogP contribution >= 0.6 is 11.6 Å². The minimum absolute atomic E-state index is 0.00236. The van der Waals surface area contributed by atoms with E-state index in [0.717, 1.165) is 5.56 Å². The van der Waals surface area contributed by atoms with Crippen LogP contribution in [0.1, 0.15) is 42.3 Å². The van der Waals surface area contributed by atoms with E-state index in [1.807, 2.05) is 18.2 Å². The number of carbonyl (C=O) groups excluding carboxylic acids is 2. The molecule has 0 unspecified atom stereocenters. The zero-order valence-corrected chi connectivity index (χ0v) is 18.6. The lowest BCUT2D eigenvalue weighted by Gasteiger charge is -2.39. The van der Waals surface area contributed by atoms with E-state index in [4.69, 9.17) is 21.1 Å². The van der Waals surface area contributed by atoms with Crippen molar-refractivity contribution in [2.24, 2.45) is 5.92 Å². The lowest BCUT2D eigenvalue weighted by atomic mass is 9.87. The van der Waals surface area contributed by atoms with Crippen LogP contribution in [-0.4, -0.2) is 42.9 Å². The summed E-state index contributed by atoms with van der Waals surface area (Å²) in [7, 11) is 0. The summed E-state index contributed by atoms with van der Waals surface area (Å²) >= 11 is 6.36. The van der Waals surface area contributed by atoms with Crippen molar-refractivity contribution in [3.05, 3.63) is 57.9 Å². The topological polar surface area (TPSA) is 55.8 Å². The molecule has 0 aromatic heterocycles. The Bertz CT molecular complexity index is 1040. The van der Waals surface area contributed by atoms with Gasteiger partial charge in [-0.1, -0.05) is 38.4 Å². The lowest BCUT2D eigenvalue weighted by molar-refractivity contribution is -0.121. The lowest BCUT2D eigenvalue weighted by Crippen LogP contribution is -2.52. The van der Waals surface area contributed by atoms with Gasteiger partial charge in [0.05, 0.1) is 17.2 Å². The van der Waals surface area contributed by atoms with Gasteiger partial charge in [0.2, 0.25) is 0 Å². The molecule has 5 nitrogen and oxygen atoms in total. The fourth-order valence-electron chi connectivity index (χ4n) is 3.76. The number of halogens is 2. The first kappa shape index (κ1) is 21.6. The van der Waals surface area contributed by atoms with Gasteiger partial charge in [0.25, 0.3) is 5.91 Å². The average Bonchev–Trinajstić information content (AvgIpc) is 2.66. The van der Waals surface area contributed by atoms with Crippen LogP contribution in [0.3, 0.4) is 0 Å². The first-order valence-electron chi connectivity index (χ1n) is 10.3. The van der Waals surface area contributed by atoms with Gasteiger partial charge < -0.3 is 14.4 Å². The second kappa shape index (κ2) is 8.15. The Labute approximate surface area is 186 Å². The molecule has 2 heterocycles. The molecular formula is C24H25ClFNO4. The summed E-state index contributed by atoms with van der Waals surface area (Å²) in [5, 5.41) is 0.563. The predicted molar refractivity (Wildman–Crippen MR) is 116 cm³/mol. The second-order valence-corrected chi connectivity index (χ2v) is 9.63. The molecule has 1 fully saturated rings. The van der Waals surface area contributed by atoms with E-state index in [2.05, 4.69) is 20.8 Å². The summed E-state index contributed by atoms with van der Waals surface area (Å²) in [4.78, 5) is 25.9. The summed E-state index contributed by atoms with van der Waals surface area (Å²) in [6.45, 7) is 7.68. The van der Waals surface area contributed by atoms with Crippen molar-refractivity contribution in [2.45, 2.75) is 32.6 Å². The first-order valence-corrected chi connectivity index (χ1v) is 10.7. The molecule has 0 spiro atoms. The zero-order valence-electron chi connectivity index (χ0n) is 17.8. The molecule has 4 rings (SSSR count). The number of carbonyl (C=O) groups is 2. The molecule has 2 aromatic carbocycles. The smallest absolute Gasteiger partial charge is 0.256 e. The van der Waals surface area contributed by atoms with Gasteiger partial charge in [-0.3, -0.25) is 9.59 Å². The van der Waals surface area contributed by atoms with Crippen molar-refractivity contribution in [3.8, 4) is 11.5 Å². The van der Waals surface area contributed by atoms with Gasteiger partial charge in [-0.25, -0.2) is 4.39 Å². The van der Waals surface area contributed by atoms with E-state index in [9.17, 15) is 14.0 Å². The third-order valence-electron chi connectivity index (χ3n) is 5.67. The van der Waals surface area contributed by atoms with Crippen LogP contribution in [0.2, 0.25) is 5.02 Å². The van der Waals surface area contributed by atoms with E-state index in [1.54, 1.807) is 4.90 Å². The number of ether oxygens (including phenoxy) is 2. The van der Waals surface area contributed by atoms with Gasteiger partial charge in [0, 0.05) is 37.1 Å². The number of hydrogen-bond acceptors (Lipinski definition) is 4. The SMILES string of the molecule is CC(C)(C)c1ccc(OCC2CN(C(=O)c3cc4c(cc3F)OCC(=O)C4)C2)c(Cl)c1. The molecular weight excluding hydrogens is 421 g/mol. The average molecular weight is 446 g/mol. The van der Waals surface area contributed by atoms with E-state index in [0.29, 0.717) is 41.8 Å². The Morgan fingerprint density at radius 1 is 1.26 bits per heavy atom. The van der Waals surface area contributed by atoms with E-state index in [-0.39, 0.29) is 41.6 Å². The Balaban J connectivity index is 1.34. The fourth-order valence-corrected chi connectivity index (χ4v) is 4.00. The minimum atomic E-state index is -0.636. The molecule has 2 aliphatic heterocycles. The zero-order chi connectivity index (χ0) is 22.3. The fraction of sp³-hybridized carbons (Fsp3) is 0.417. The normalized spacial score (nSPS) is 16.4. The molecule has 0 saturated carbocycles. The number of amides is 1. The van der Waals surface area contributed by atoms with Crippen LogP contribution in [0.5, 0.6) is 11.5 Å². The number of Topliss-reactive ketones (excluding diaryl/α,β-unsaturated/α-hetero) is 1. The number of benzene rings is 2. The molecule has 0 bridgehead atoms. The maximum atomic E-state index is 14.4. The quantitative estimate of drug-likeness (QED) is 0.698. The largest absolute Gasteiger partial charge is 0.492 e. The highest BCUT2D eigenvalue weighted by Crippen LogP contribution is 2.32. The number of hydrogen-bond donors (Lipinski definition) is 0.